The summed E-state index contributed by atoms with van der Waals surface area (Å²) in [4.78, 5) is 0. The van der Waals surface area contributed by atoms with Gasteiger partial charge in [0.25, 0.3) is 0 Å². The third kappa shape index (κ3) is 3.20. The monoisotopic (exact) mass is 562 g/mol. The van der Waals surface area contributed by atoms with Crippen LogP contribution in [0.4, 0.5) is 0 Å². The fourth-order valence-corrected chi connectivity index (χ4v) is 7.03. The lowest BCUT2D eigenvalue weighted by Crippen LogP contribution is -1.99. The highest BCUT2D eigenvalue weighted by Crippen LogP contribution is 2.50. The van der Waals surface area contributed by atoms with Crippen molar-refractivity contribution in [1.29, 1.82) is 0 Å². The van der Waals surface area contributed by atoms with Crippen molar-refractivity contribution in [2.24, 2.45) is 0 Å². The summed E-state index contributed by atoms with van der Waals surface area (Å²) < 4.78 is 6.01. The van der Waals surface area contributed by atoms with E-state index in [0.29, 0.717) is 0 Å². The predicted molar refractivity (Wildman–Crippen MR) is 168 cm³/mol. The molecule has 0 unspecified atom stereocenters. The molecule has 2 nitrogen and oxygen atoms in total. The highest BCUT2D eigenvalue weighted by atomic mass is 79.9. The summed E-state index contributed by atoms with van der Waals surface area (Å²) >= 11 is 4.18. The molecule has 2 aromatic heterocycles. The van der Waals surface area contributed by atoms with Gasteiger partial charge in [-0.3, -0.25) is 0 Å². The number of fused-ring (bicyclic) bond motifs is 7. The highest BCUT2D eigenvalue weighted by molar-refractivity contribution is 9.10. The van der Waals surface area contributed by atoms with Crippen molar-refractivity contribution in [1.82, 2.24) is 9.13 Å². The number of hydrogen-bond acceptors (Lipinski definition) is 0. The molecule has 0 saturated carbocycles. The van der Waals surface area contributed by atoms with Crippen LogP contribution in [-0.4, -0.2) is 9.13 Å². The van der Waals surface area contributed by atoms with Crippen LogP contribution in [0, 0.1) is 0 Å². The van der Waals surface area contributed by atoms with Gasteiger partial charge in [0, 0.05) is 43.0 Å². The molecule has 0 N–H and O–H groups in total. The Balaban J connectivity index is 1.75. The predicted octanol–water partition coefficient (Wildman–Crippen LogP) is 10.3. The molecule has 0 radical (unpaired) electrons. The van der Waals surface area contributed by atoms with Crippen LogP contribution in [0.1, 0.15) is 0 Å². The van der Waals surface area contributed by atoms with Crippen LogP contribution in [0.3, 0.4) is 0 Å². The van der Waals surface area contributed by atoms with Crippen molar-refractivity contribution in [3.8, 4) is 22.5 Å². The summed E-state index contributed by atoms with van der Waals surface area (Å²) in [5.74, 6) is 0. The summed E-state index contributed by atoms with van der Waals surface area (Å²) in [6, 6.07) is 49.8. The molecule has 6 aromatic carbocycles. The number of rotatable bonds is 3. The minimum absolute atomic E-state index is 1.12. The number of para-hydroxylation sites is 4. The topological polar surface area (TPSA) is 9.86 Å². The normalized spacial score (nSPS) is 11.7. The first-order valence-electron chi connectivity index (χ1n) is 13.2. The van der Waals surface area contributed by atoms with E-state index >= 15 is 0 Å². The van der Waals surface area contributed by atoms with E-state index in [4.69, 9.17) is 0 Å². The van der Waals surface area contributed by atoms with Gasteiger partial charge in [0.1, 0.15) is 0 Å². The van der Waals surface area contributed by atoms with Crippen LogP contribution in [-0.2, 0) is 0 Å². The van der Waals surface area contributed by atoms with Crippen molar-refractivity contribution in [3.63, 3.8) is 0 Å². The first kappa shape index (κ1) is 22.4. The molecule has 0 spiro atoms. The zero-order chi connectivity index (χ0) is 25.9. The van der Waals surface area contributed by atoms with Crippen molar-refractivity contribution in [2.75, 3.05) is 0 Å². The van der Waals surface area contributed by atoms with E-state index in [0.717, 1.165) is 15.8 Å². The molecule has 3 heteroatoms. The minimum atomic E-state index is 1.12. The largest absolute Gasteiger partial charge is 0.307 e. The van der Waals surface area contributed by atoms with Gasteiger partial charge in [-0.2, -0.15) is 0 Å². The average Bonchev–Trinajstić information content (AvgIpc) is 3.53. The summed E-state index contributed by atoms with van der Waals surface area (Å²) in [6.07, 6.45) is 0. The van der Waals surface area contributed by atoms with Gasteiger partial charge in [0.15, 0.2) is 0 Å². The third-order valence-electron chi connectivity index (χ3n) is 7.75. The molecule has 39 heavy (non-hydrogen) atoms. The molecule has 184 valence electrons. The number of aromatic nitrogens is 2. The van der Waals surface area contributed by atoms with Crippen LogP contribution in [0.25, 0.3) is 66.1 Å². The summed E-state index contributed by atoms with van der Waals surface area (Å²) in [5, 5.41) is 4.94. The maximum Gasteiger partial charge on any atom is 0.0800 e. The minimum Gasteiger partial charge on any atom is -0.307 e. The molecule has 8 rings (SSSR count). The number of hydrogen-bond donors (Lipinski definition) is 0. The maximum absolute atomic E-state index is 4.18. The molecule has 0 fully saturated rings. The maximum atomic E-state index is 4.18. The Hall–Kier alpha value is -4.60. The number of nitrogens with zero attached hydrogens (tertiary/aromatic N) is 2. The lowest BCUT2D eigenvalue weighted by molar-refractivity contribution is 1.15. The molecule has 0 atom stereocenters. The Labute approximate surface area is 234 Å². The van der Waals surface area contributed by atoms with Gasteiger partial charge in [-0.1, -0.05) is 103 Å². The van der Waals surface area contributed by atoms with Gasteiger partial charge < -0.3 is 9.13 Å². The van der Waals surface area contributed by atoms with Crippen LogP contribution in [0.2, 0.25) is 0 Å². The van der Waals surface area contributed by atoms with Crippen LogP contribution in [0.15, 0.2) is 144 Å². The summed E-state index contributed by atoms with van der Waals surface area (Å²) in [7, 11) is 0. The Morgan fingerprint density at radius 2 is 0.821 bits per heavy atom. The standard InChI is InChI=1S/C36H23BrN2/c37-34-31(24-14-4-1-5-15-24)32-27-20-10-12-22-29(27)38(25-16-6-2-7-17-25)35(32)36-33(34)28-21-11-13-23-30(28)39(36)26-18-8-3-9-19-26/h1-23H. The molecular weight excluding hydrogens is 540 g/mol. The molecule has 0 aliphatic carbocycles. The van der Waals surface area contributed by atoms with Gasteiger partial charge in [0.2, 0.25) is 0 Å². The van der Waals surface area contributed by atoms with Crippen LogP contribution < -0.4 is 0 Å². The Morgan fingerprint density at radius 3 is 1.36 bits per heavy atom. The first-order valence-corrected chi connectivity index (χ1v) is 14.0. The smallest absolute Gasteiger partial charge is 0.0800 e. The first-order chi connectivity index (χ1) is 19.3. The Morgan fingerprint density at radius 1 is 0.410 bits per heavy atom. The van der Waals surface area contributed by atoms with Crippen LogP contribution >= 0.6 is 15.9 Å². The zero-order valence-electron chi connectivity index (χ0n) is 21.1. The van der Waals surface area contributed by atoms with Crippen molar-refractivity contribution >= 4 is 59.5 Å². The van der Waals surface area contributed by atoms with Crippen molar-refractivity contribution < 1.29 is 0 Å². The molecular formula is C36H23BrN2. The molecule has 8 aromatic rings. The Kier molecular flexibility index (Phi) is 5.01. The lowest BCUT2D eigenvalue weighted by Gasteiger charge is -2.15. The van der Waals surface area contributed by atoms with E-state index in [1.54, 1.807) is 0 Å². The second-order valence-corrected chi connectivity index (χ2v) is 10.7. The quantitative estimate of drug-likeness (QED) is 0.202. The fraction of sp³-hybridized carbons (Fsp3) is 0. The average molecular weight is 563 g/mol. The van der Waals surface area contributed by atoms with E-state index < -0.39 is 0 Å². The van der Waals surface area contributed by atoms with Gasteiger partial charge in [-0.25, -0.2) is 0 Å². The van der Waals surface area contributed by atoms with Crippen LogP contribution in [0.5, 0.6) is 0 Å². The van der Waals surface area contributed by atoms with Crippen molar-refractivity contribution in [3.05, 3.63) is 144 Å². The van der Waals surface area contributed by atoms with Crippen molar-refractivity contribution in [2.45, 2.75) is 0 Å². The molecule has 0 amide bonds. The molecule has 0 aliphatic heterocycles. The number of halogens is 1. The van der Waals surface area contributed by atoms with Gasteiger partial charge in [-0.15, -0.1) is 0 Å². The van der Waals surface area contributed by atoms with E-state index in [9.17, 15) is 0 Å². The fourth-order valence-electron chi connectivity index (χ4n) is 6.20. The van der Waals surface area contributed by atoms with Gasteiger partial charge >= 0.3 is 0 Å². The second-order valence-electron chi connectivity index (χ2n) is 9.88. The highest BCUT2D eigenvalue weighted by Gasteiger charge is 2.27. The zero-order valence-corrected chi connectivity index (χ0v) is 22.6. The Bertz CT molecular complexity index is 2160. The lowest BCUT2D eigenvalue weighted by atomic mass is 9.96. The summed E-state index contributed by atoms with van der Waals surface area (Å²) in [5.41, 5.74) is 9.51. The molecule has 2 heterocycles. The second kappa shape index (κ2) is 8.72. The van der Waals surface area contributed by atoms with E-state index in [-0.39, 0.29) is 0 Å². The SMILES string of the molecule is Brc1c(-c2ccccc2)c2c3ccccc3n(-c3ccccc3)c2c2c1c1ccccc1n2-c1ccccc1. The molecule has 0 saturated heterocycles. The number of benzene rings is 6. The van der Waals surface area contributed by atoms with E-state index in [1.807, 2.05) is 0 Å². The van der Waals surface area contributed by atoms with Gasteiger partial charge in [-0.05, 0) is 57.9 Å². The third-order valence-corrected chi connectivity index (χ3v) is 8.55. The van der Waals surface area contributed by atoms with Gasteiger partial charge in [0.05, 0.1) is 22.1 Å². The van der Waals surface area contributed by atoms with E-state index in [2.05, 4.69) is 165 Å². The van der Waals surface area contributed by atoms with E-state index in [1.165, 1.54) is 54.7 Å². The summed E-state index contributed by atoms with van der Waals surface area (Å²) in [6.45, 7) is 0. The molecule has 0 bridgehead atoms. The molecule has 0 aliphatic rings.